The third-order valence-corrected chi connectivity index (χ3v) is 3.08. The summed E-state index contributed by atoms with van der Waals surface area (Å²) < 4.78 is 0. The van der Waals surface area contributed by atoms with Crippen molar-refractivity contribution in [1.29, 1.82) is 0 Å². The average molecular weight is 269 g/mol. The Labute approximate surface area is 108 Å². The fourth-order valence-electron chi connectivity index (χ4n) is 1.68. The van der Waals surface area contributed by atoms with Gasteiger partial charge in [-0.2, -0.15) is 0 Å². The van der Waals surface area contributed by atoms with Crippen molar-refractivity contribution in [3.05, 3.63) is 28.8 Å². The summed E-state index contributed by atoms with van der Waals surface area (Å²) in [6, 6.07) is 4.79. The number of anilines is 1. The quantitative estimate of drug-likeness (QED) is 0.654. The van der Waals surface area contributed by atoms with Crippen LogP contribution in [0.15, 0.2) is 18.2 Å². The molecule has 0 atom stereocenters. The van der Waals surface area contributed by atoms with Crippen LogP contribution in [0.25, 0.3) is 0 Å². The van der Waals surface area contributed by atoms with Crippen LogP contribution < -0.4 is 10.6 Å². The van der Waals surface area contributed by atoms with E-state index in [1.54, 1.807) is 18.2 Å². The van der Waals surface area contributed by atoms with E-state index >= 15 is 0 Å². The highest BCUT2D eigenvalue weighted by Gasteiger charge is 2.31. The zero-order valence-corrected chi connectivity index (χ0v) is 10.3. The van der Waals surface area contributed by atoms with Crippen LogP contribution >= 0.6 is 23.8 Å². The van der Waals surface area contributed by atoms with Crippen LogP contribution in [0.2, 0.25) is 5.02 Å². The molecule has 6 heteroatoms. The summed E-state index contributed by atoms with van der Waals surface area (Å²) in [7, 11) is 0. The number of halogens is 1. The first-order chi connectivity index (χ1) is 8.00. The van der Waals surface area contributed by atoms with Gasteiger partial charge in [0.25, 0.3) is 0 Å². The number of carbonyl (C=O) groups excluding carboxylic acids is 2. The molecule has 2 N–H and O–H groups in total. The van der Waals surface area contributed by atoms with Crippen molar-refractivity contribution in [2.45, 2.75) is 12.8 Å². The molecule has 1 aromatic carbocycles. The van der Waals surface area contributed by atoms with Crippen LogP contribution in [0.3, 0.4) is 0 Å². The van der Waals surface area contributed by atoms with Crippen LogP contribution in [0, 0.1) is 0 Å². The molecule has 88 valence electrons. The van der Waals surface area contributed by atoms with Crippen LogP contribution in [-0.2, 0) is 9.59 Å². The molecule has 17 heavy (non-hydrogen) atoms. The molecule has 0 bridgehead atoms. The second-order valence-electron chi connectivity index (χ2n) is 3.65. The molecule has 2 amide bonds. The lowest BCUT2D eigenvalue weighted by Crippen LogP contribution is -2.29. The highest BCUT2D eigenvalue weighted by molar-refractivity contribution is 7.80. The molecule has 0 radical (unpaired) electrons. The van der Waals surface area contributed by atoms with Crippen LogP contribution in [-0.4, -0.2) is 16.8 Å². The van der Waals surface area contributed by atoms with Crippen LogP contribution in [0.4, 0.5) is 5.69 Å². The van der Waals surface area contributed by atoms with E-state index in [0.29, 0.717) is 16.3 Å². The van der Waals surface area contributed by atoms with E-state index in [0.717, 1.165) is 4.90 Å². The summed E-state index contributed by atoms with van der Waals surface area (Å²) in [6.07, 6.45) is 0.429. The smallest absolute Gasteiger partial charge is 0.234 e. The Morgan fingerprint density at radius 1 is 1.29 bits per heavy atom. The monoisotopic (exact) mass is 268 g/mol. The molecule has 1 saturated heterocycles. The summed E-state index contributed by atoms with van der Waals surface area (Å²) in [4.78, 5) is 24.5. The average Bonchev–Trinajstić information content (AvgIpc) is 2.59. The van der Waals surface area contributed by atoms with Gasteiger partial charge in [0.1, 0.15) is 4.99 Å². The van der Waals surface area contributed by atoms with Gasteiger partial charge in [0.2, 0.25) is 11.8 Å². The summed E-state index contributed by atoms with van der Waals surface area (Å²) in [5, 5.41) is 0.327. The molecule has 1 aliphatic heterocycles. The standard InChI is InChI=1S/C11H9ClN2O2S/c12-7-2-1-6(11(13)17)5-8(7)14-9(15)3-4-10(14)16/h1-2,5H,3-4H2,(H2,13,17). The van der Waals surface area contributed by atoms with Crippen molar-refractivity contribution in [2.24, 2.45) is 5.73 Å². The molecule has 0 aliphatic carbocycles. The van der Waals surface area contributed by atoms with Gasteiger partial charge in [-0.05, 0) is 12.1 Å². The first kappa shape index (κ1) is 12.0. The van der Waals surface area contributed by atoms with Crippen LogP contribution in [0.5, 0.6) is 0 Å². The normalized spacial score (nSPS) is 15.5. The highest BCUT2D eigenvalue weighted by Crippen LogP contribution is 2.30. The Hall–Kier alpha value is -1.46. The molecule has 1 aliphatic rings. The topological polar surface area (TPSA) is 63.4 Å². The van der Waals surface area contributed by atoms with Gasteiger partial charge < -0.3 is 5.73 Å². The molecule has 0 aromatic heterocycles. The highest BCUT2D eigenvalue weighted by atomic mass is 35.5. The van der Waals surface area contributed by atoms with Crippen molar-refractivity contribution in [3.8, 4) is 0 Å². The van der Waals surface area contributed by atoms with Gasteiger partial charge in [-0.3, -0.25) is 9.59 Å². The number of rotatable bonds is 2. The largest absolute Gasteiger partial charge is 0.389 e. The molecule has 4 nitrogen and oxygen atoms in total. The summed E-state index contributed by atoms with van der Waals surface area (Å²) >= 11 is 10.8. The lowest BCUT2D eigenvalue weighted by molar-refractivity contribution is -0.121. The maximum atomic E-state index is 11.6. The maximum absolute atomic E-state index is 11.6. The molecular formula is C11H9ClN2O2S. The lowest BCUT2D eigenvalue weighted by Gasteiger charge is -2.16. The molecule has 0 spiro atoms. The summed E-state index contributed by atoms with van der Waals surface area (Å²) in [6.45, 7) is 0. The SMILES string of the molecule is NC(=S)c1ccc(Cl)c(N2C(=O)CCC2=O)c1. The molecule has 0 saturated carbocycles. The zero-order chi connectivity index (χ0) is 12.6. The number of hydrogen-bond donors (Lipinski definition) is 1. The van der Waals surface area contributed by atoms with E-state index in [1.807, 2.05) is 0 Å². The molecule has 1 aromatic rings. The Morgan fingerprint density at radius 3 is 2.41 bits per heavy atom. The van der Waals surface area contributed by atoms with Crippen molar-refractivity contribution < 1.29 is 9.59 Å². The molecule has 1 fully saturated rings. The minimum Gasteiger partial charge on any atom is -0.389 e. The van der Waals surface area contributed by atoms with Crippen molar-refractivity contribution in [3.63, 3.8) is 0 Å². The Balaban J connectivity index is 2.50. The number of thiocarbonyl (C=S) groups is 1. The fourth-order valence-corrected chi connectivity index (χ4v) is 2.01. The Bertz CT molecular complexity index is 514. The van der Waals surface area contributed by atoms with Gasteiger partial charge in [0.05, 0.1) is 10.7 Å². The number of benzene rings is 1. The minimum absolute atomic E-state index is 0.196. The number of hydrogen-bond acceptors (Lipinski definition) is 3. The maximum Gasteiger partial charge on any atom is 0.234 e. The number of amides is 2. The fraction of sp³-hybridized carbons (Fsp3) is 0.182. The Kier molecular flexibility index (Phi) is 3.13. The van der Waals surface area contributed by atoms with Crippen LogP contribution in [0.1, 0.15) is 18.4 Å². The number of nitrogens with zero attached hydrogens (tertiary/aromatic N) is 1. The van der Waals surface area contributed by atoms with Gasteiger partial charge in [0.15, 0.2) is 0 Å². The minimum atomic E-state index is -0.253. The summed E-state index contributed by atoms with van der Waals surface area (Å²) in [5.41, 5.74) is 6.43. The van der Waals surface area contributed by atoms with Crippen molar-refractivity contribution in [2.75, 3.05) is 4.90 Å². The predicted octanol–water partition coefficient (Wildman–Crippen LogP) is 1.63. The van der Waals surface area contributed by atoms with E-state index in [-0.39, 0.29) is 29.6 Å². The van der Waals surface area contributed by atoms with Crippen molar-refractivity contribution in [1.82, 2.24) is 0 Å². The summed E-state index contributed by atoms with van der Waals surface area (Å²) in [5.74, 6) is -0.506. The van der Waals surface area contributed by atoms with Gasteiger partial charge in [-0.15, -0.1) is 0 Å². The van der Waals surface area contributed by atoms with Crippen molar-refractivity contribution >= 4 is 46.3 Å². The Morgan fingerprint density at radius 2 is 1.88 bits per heavy atom. The second kappa shape index (κ2) is 4.43. The number of carbonyl (C=O) groups is 2. The second-order valence-corrected chi connectivity index (χ2v) is 4.50. The predicted molar refractivity (Wildman–Crippen MR) is 69.1 cm³/mol. The van der Waals surface area contributed by atoms with E-state index in [1.165, 1.54) is 0 Å². The van der Waals surface area contributed by atoms with E-state index in [2.05, 4.69) is 0 Å². The molecule has 2 rings (SSSR count). The van der Waals surface area contributed by atoms with Gasteiger partial charge in [-0.25, -0.2) is 4.90 Å². The van der Waals surface area contributed by atoms with Gasteiger partial charge in [-0.1, -0.05) is 29.9 Å². The third-order valence-electron chi connectivity index (χ3n) is 2.52. The van der Waals surface area contributed by atoms with Gasteiger partial charge >= 0.3 is 0 Å². The van der Waals surface area contributed by atoms with Gasteiger partial charge in [0, 0.05) is 18.4 Å². The zero-order valence-electron chi connectivity index (χ0n) is 8.77. The molecule has 0 unspecified atom stereocenters. The lowest BCUT2D eigenvalue weighted by atomic mass is 10.2. The third kappa shape index (κ3) is 2.16. The van der Waals surface area contributed by atoms with E-state index in [9.17, 15) is 9.59 Å². The first-order valence-corrected chi connectivity index (χ1v) is 5.74. The molecular weight excluding hydrogens is 260 g/mol. The van der Waals surface area contributed by atoms with E-state index in [4.69, 9.17) is 29.6 Å². The number of imide groups is 1. The number of nitrogens with two attached hydrogens (primary N) is 1. The first-order valence-electron chi connectivity index (χ1n) is 4.96. The molecule has 1 heterocycles. The van der Waals surface area contributed by atoms with E-state index < -0.39 is 0 Å².